The maximum absolute atomic E-state index is 12.0. The number of aryl methyl sites for hydroxylation is 1. The first kappa shape index (κ1) is 16.1. The summed E-state index contributed by atoms with van der Waals surface area (Å²) in [6.07, 6.45) is 1.99. The van der Waals surface area contributed by atoms with Crippen LogP contribution in [0.5, 0.6) is 0 Å². The molecular formula is C14H21N3O3. The third-order valence-electron chi connectivity index (χ3n) is 2.96. The van der Waals surface area contributed by atoms with Crippen LogP contribution in [0, 0.1) is 0 Å². The van der Waals surface area contributed by atoms with Gasteiger partial charge < -0.3 is 11.1 Å². The van der Waals surface area contributed by atoms with Crippen molar-refractivity contribution in [2.75, 3.05) is 0 Å². The molecule has 0 aliphatic heterocycles. The van der Waals surface area contributed by atoms with Crippen molar-refractivity contribution in [3.05, 3.63) is 35.4 Å². The zero-order valence-corrected chi connectivity index (χ0v) is 11.7. The fraction of sp³-hybridized carbons (Fsp3) is 0.429. The molecule has 2 atom stereocenters. The molecule has 0 bridgehead atoms. The molecular weight excluding hydrogens is 258 g/mol. The van der Waals surface area contributed by atoms with Crippen LogP contribution in [0.3, 0.4) is 0 Å². The van der Waals surface area contributed by atoms with E-state index >= 15 is 0 Å². The third-order valence-corrected chi connectivity index (χ3v) is 2.96. The zero-order valence-electron chi connectivity index (χ0n) is 11.7. The molecule has 0 unspecified atom stereocenters. The Morgan fingerprint density at radius 3 is 2.35 bits per heavy atom. The lowest BCUT2D eigenvalue weighted by Crippen LogP contribution is -2.54. The van der Waals surface area contributed by atoms with Gasteiger partial charge in [-0.05, 0) is 31.0 Å². The molecule has 0 saturated carbocycles. The highest BCUT2D eigenvalue weighted by Crippen LogP contribution is 2.07. The lowest BCUT2D eigenvalue weighted by Gasteiger charge is -2.20. The molecule has 0 saturated heterocycles. The molecule has 0 radical (unpaired) electrons. The number of hydroxylamine groups is 1. The molecule has 0 aromatic heterocycles. The van der Waals surface area contributed by atoms with E-state index in [2.05, 4.69) is 12.2 Å². The van der Waals surface area contributed by atoms with Gasteiger partial charge in [-0.1, -0.05) is 25.5 Å². The lowest BCUT2D eigenvalue weighted by atomic mass is 10.1. The normalized spacial score (nSPS) is 13.4. The number of carbonyl (C=O) groups is 2. The predicted octanol–water partition coefficient (Wildman–Crippen LogP) is 0.590. The third kappa shape index (κ3) is 4.32. The number of nitrogens with two attached hydrogens (primary N) is 1. The van der Waals surface area contributed by atoms with E-state index in [0.29, 0.717) is 5.56 Å². The van der Waals surface area contributed by atoms with Gasteiger partial charge in [-0.15, -0.1) is 0 Å². The number of carbonyl (C=O) groups excluding carboxylic acids is 2. The van der Waals surface area contributed by atoms with Gasteiger partial charge in [0.1, 0.15) is 6.04 Å². The van der Waals surface area contributed by atoms with Gasteiger partial charge in [-0.2, -0.15) is 0 Å². The number of hydrogen-bond acceptors (Lipinski definition) is 4. The molecule has 2 amide bonds. The fourth-order valence-electron chi connectivity index (χ4n) is 1.84. The highest BCUT2D eigenvalue weighted by molar-refractivity contribution is 5.97. The Hall–Kier alpha value is -1.92. The van der Waals surface area contributed by atoms with Gasteiger partial charge in [-0.25, -0.2) is 5.48 Å². The van der Waals surface area contributed by atoms with Crippen molar-refractivity contribution >= 4 is 11.8 Å². The van der Waals surface area contributed by atoms with Crippen LogP contribution in [-0.4, -0.2) is 29.1 Å². The molecule has 0 heterocycles. The Balaban J connectivity index is 2.76. The minimum atomic E-state index is -0.984. The number of amides is 2. The van der Waals surface area contributed by atoms with E-state index in [1.54, 1.807) is 19.1 Å². The summed E-state index contributed by atoms with van der Waals surface area (Å²) in [7, 11) is 0. The average molecular weight is 279 g/mol. The van der Waals surface area contributed by atoms with Gasteiger partial charge in [0, 0.05) is 11.6 Å². The average Bonchev–Trinajstić information content (AvgIpc) is 2.44. The summed E-state index contributed by atoms with van der Waals surface area (Å²) in [5.74, 6) is -1.14. The molecule has 110 valence electrons. The van der Waals surface area contributed by atoms with Crippen LogP contribution in [0.2, 0.25) is 0 Å². The monoisotopic (exact) mass is 279 g/mol. The largest absolute Gasteiger partial charge is 0.339 e. The summed E-state index contributed by atoms with van der Waals surface area (Å²) in [5.41, 5.74) is 8.71. The molecule has 1 aromatic carbocycles. The van der Waals surface area contributed by atoms with Gasteiger partial charge in [0.2, 0.25) is 0 Å². The number of benzene rings is 1. The quantitative estimate of drug-likeness (QED) is 0.452. The molecule has 0 fully saturated rings. The van der Waals surface area contributed by atoms with Crippen molar-refractivity contribution in [3.63, 3.8) is 0 Å². The summed E-state index contributed by atoms with van der Waals surface area (Å²) in [4.78, 5) is 23.4. The van der Waals surface area contributed by atoms with Crippen LogP contribution < -0.4 is 16.5 Å². The van der Waals surface area contributed by atoms with E-state index in [0.717, 1.165) is 18.4 Å². The first-order valence-corrected chi connectivity index (χ1v) is 6.59. The summed E-state index contributed by atoms with van der Waals surface area (Å²) >= 11 is 0. The summed E-state index contributed by atoms with van der Waals surface area (Å²) in [6.45, 7) is 3.66. The molecule has 20 heavy (non-hydrogen) atoms. The Bertz CT molecular complexity index is 457. The van der Waals surface area contributed by atoms with Crippen LogP contribution in [-0.2, 0) is 11.2 Å². The van der Waals surface area contributed by atoms with Gasteiger partial charge in [0.25, 0.3) is 11.8 Å². The Morgan fingerprint density at radius 1 is 1.30 bits per heavy atom. The Labute approximate surface area is 118 Å². The zero-order chi connectivity index (χ0) is 15.1. The maximum atomic E-state index is 12.0. The van der Waals surface area contributed by atoms with Gasteiger partial charge in [-0.3, -0.25) is 14.8 Å². The molecule has 5 N–H and O–H groups in total. The first-order chi connectivity index (χ1) is 9.49. The van der Waals surface area contributed by atoms with Crippen molar-refractivity contribution < 1.29 is 14.8 Å². The smallest absolute Gasteiger partial charge is 0.267 e. The minimum absolute atomic E-state index is 0.404. The summed E-state index contributed by atoms with van der Waals surface area (Å²) < 4.78 is 0. The first-order valence-electron chi connectivity index (χ1n) is 6.59. The van der Waals surface area contributed by atoms with E-state index in [-0.39, 0.29) is 0 Å². The van der Waals surface area contributed by atoms with E-state index in [1.807, 2.05) is 12.1 Å². The predicted molar refractivity (Wildman–Crippen MR) is 75.3 cm³/mol. The number of nitrogens with one attached hydrogen (secondary N) is 2. The molecule has 6 heteroatoms. The van der Waals surface area contributed by atoms with E-state index < -0.39 is 23.9 Å². The molecule has 0 aliphatic rings. The van der Waals surface area contributed by atoms with Crippen LogP contribution >= 0.6 is 0 Å². The lowest BCUT2D eigenvalue weighted by molar-refractivity contribution is -0.131. The highest BCUT2D eigenvalue weighted by Gasteiger charge is 2.24. The highest BCUT2D eigenvalue weighted by atomic mass is 16.5. The van der Waals surface area contributed by atoms with Gasteiger partial charge in [0.15, 0.2) is 0 Å². The van der Waals surface area contributed by atoms with Crippen molar-refractivity contribution in [2.24, 2.45) is 5.73 Å². The van der Waals surface area contributed by atoms with Crippen molar-refractivity contribution in [1.29, 1.82) is 0 Å². The topological polar surface area (TPSA) is 104 Å². The summed E-state index contributed by atoms with van der Waals surface area (Å²) in [6, 6.07) is 5.56. The standard InChI is InChI=1S/C14H21N3O3/c1-3-4-10-5-7-11(8-6-10)13(18)16-12(9(2)15)14(19)17-20/h5-9,12,20H,3-4,15H2,1-2H3,(H,16,18)(H,17,19)/t9-,12+/m1/s1. The maximum Gasteiger partial charge on any atom is 0.267 e. The van der Waals surface area contributed by atoms with Crippen molar-refractivity contribution in [3.8, 4) is 0 Å². The second kappa shape index (κ2) is 7.62. The molecule has 1 aromatic rings. The van der Waals surface area contributed by atoms with E-state index in [1.165, 1.54) is 5.48 Å². The molecule has 6 nitrogen and oxygen atoms in total. The van der Waals surface area contributed by atoms with E-state index in [9.17, 15) is 9.59 Å². The number of hydrogen-bond donors (Lipinski definition) is 4. The SMILES string of the molecule is CCCc1ccc(C(=O)N[C@H](C(=O)NO)[C@@H](C)N)cc1. The fourth-order valence-corrected chi connectivity index (χ4v) is 1.84. The molecule has 1 rings (SSSR count). The van der Waals surface area contributed by atoms with Crippen molar-refractivity contribution in [2.45, 2.75) is 38.8 Å². The van der Waals surface area contributed by atoms with E-state index in [4.69, 9.17) is 10.9 Å². The summed E-state index contributed by atoms with van der Waals surface area (Å²) in [5, 5.41) is 11.1. The van der Waals surface area contributed by atoms with Crippen LogP contribution in [0.1, 0.15) is 36.2 Å². The molecule has 0 spiro atoms. The van der Waals surface area contributed by atoms with Crippen LogP contribution in [0.25, 0.3) is 0 Å². The second-order valence-electron chi connectivity index (χ2n) is 4.73. The number of rotatable bonds is 6. The minimum Gasteiger partial charge on any atom is -0.339 e. The van der Waals surface area contributed by atoms with Gasteiger partial charge in [0.05, 0.1) is 0 Å². The van der Waals surface area contributed by atoms with Crippen molar-refractivity contribution in [1.82, 2.24) is 10.8 Å². The van der Waals surface area contributed by atoms with Crippen LogP contribution in [0.15, 0.2) is 24.3 Å². The Morgan fingerprint density at radius 2 is 1.90 bits per heavy atom. The van der Waals surface area contributed by atoms with Crippen LogP contribution in [0.4, 0.5) is 0 Å². The van der Waals surface area contributed by atoms with Gasteiger partial charge >= 0.3 is 0 Å². The molecule has 0 aliphatic carbocycles. The Kier molecular flexibility index (Phi) is 6.14. The second-order valence-corrected chi connectivity index (χ2v) is 4.73.